The number of hydrogen-bond acceptors (Lipinski definition) is 3. The number of anilines is 1. The first-order chi connectivity index (χ1) is 15.9. The van der Waals surface area contributed by atoms with Crippen molar-refractivity contribution in [1.82, 2.24) is 20.4 Å². The summed E-state index contributed by atoms with van der Waals surface area (Å²) in [6.07, 6.45) is 4.15. The van der Waals surface area contributed by atoms with Crippen molar-refractivity contribution in [3.05, 3.63) is 76.5 Å². The molecule has 0 saturated heterocycles. The van der Waals surface area contributed by atoms with Gasteiger partial charge in [-0.2, -0.15) is 5.10 Å². The van der Waals surface area contributed by atoms with E-state index in [1.807, 2.05) is 16.8 Å². The van der Waals surface area contributed by atoms with Crippen molar-refractivity contribution in [2.75, 3.05) is 11.9 Å². The van der Waals surface area contributed by atoms with E-state index in [2.05, 4.69) is 73.1 Å². The number of nitrogens with zero attached hydrogens (tertiary/aromatic N) is 2. The fraction of sp³-hybridized carbons (Fsp3) is 0.407. The summed E-state index contributed by atoms with van der Waals surface area (Å²) in [5, 5.41) is 14.6. The quantitative estimate of drug-likeness (QED) is 0.533. The van der Waals surface area contributed by atoms with Crippen LogP contribution in [-0.4, -0.2) is 22.4 Å². The third-order valence-corrected chi connectivity index (χ3v) is 6.72. The molecule has 33 heavy (non-hydrogen) atoms. The Bertz CT molecular complexity index is 1170. The molecule has 2 aliphatic rings. The highest BCUT2D eigenvalue weighted by atomic mass is 16.2. The number of urea groups is 1. The normalized spacial score (nSPS) is 17.7. The maximum atomic E-state index is 13.1. The second-order valence-electron chi connectivity index (χ2n) is 10.2. The lowest BCUT2D eigenvalue weighted by atomic mass is 9.88. The van der Waals surface area contributed by atoms with E-state index in [1.54, 1.807) is 0 Å². The van der Waals surface area contributed by atoms with Crippen molar-refractivity contribution < 1.29 is 4.79 Å². The minimum absolute atomic E-state index is 0.0308. The smallest absolute Gasteiger partial charge is 0.320 e. The molecule has 1 aliphatic heterocycles. The number of benzene rings is 2. The molecule has 0 saturated carbocycles. The zero-order valence-electron chi connectivity index (χ0n) is 19.7. The third-order valence-electron chi connectivity index (χ3n) is 6.72. The van der Waals surface area contributed by atoms with E-state index >= 15 is 0 Å². The van der Waals surface area contributed by atoms with Gasteiger partial charge in [0.1, 0.15) is 5.82 Å². The van der Waals surface area contributed by atoms with Gasteiger partial charge >= 0.3 is 6.03 Å². The van der Waals surface area contributed by atoms with Crippen LogP contribution in [0.1, 0.15) is 67.6 Å². The lowest BCUT2D eigenvalue weighted by Gasteiger charge is -2.26. The standard InChI is InChI=1S/C27H33N5O/c1-27(2,3)24-16-25(32(31-24)21-12-11-18-13-14-28-17-20(18)15-21)30-26(33)29-23-10-6-8-19-7-4-5-9-22(19)23/h4-5,7,9,11-12,15-16,23,28H,6,8,10,13-14,17H2,1-3H3,(H2,29,30,33). The number of carbonyl (C=O) groups is 1. The maximum absolute atomic E-state index is 13.1. The van der Waals surface area contributed by atoms with Crippen LogP contribution in [0, 0.1) is 0 Å². The van der Waals surface area contributed by atoms with Crippen LogP contribution in [0.25, 0.3) is 5.69 Å². The Morgan fingerprint density at radius 3 is 2.76 bits per heavy atom. The molecule has 6 heteroatoms. The number of rotatable bonds is 3. The molecule has 0 radical (unpaired) electrons. The van der Waals surface area contributed by atoms with Crippen LogP contribution in [0.5, 0.6) is 0 Å². The fourth-order valence-corrected chi connectivity index (χ4v) is 4.85. The van der Waals surface area contributed by atoms with E-state index in [0.29, 0.717) is 5.82 Å². The van der Waals surface area contributed by atoms with Crippen LogP contribution in [-0.2, 0) is 24.8 Å². The topological polar surface area (TPSA) is 71.0 Å². The molecular formula is C27H33N5O. The largest absolute Gasteiger partial charge is 0.331 e. The molecule has 2 amide bonds. The molecule has 5 rings (SSSR count). The van der Waals surface area contributed by atoms with Crippen molar-refractivity contribution in [3.8, 4) is 5.69 Å². The van der Waals surface area contributed by atoms with E-state index in [1.165, 1.54) is 22.3 Å². The molecular weight excluding hydrogens is 410 g/mol. The molecule has 0 fully saturated rings. The van der Waals surface area contributed by atoms with E-state index in [9.17, 15) is 4.79 Å². The van der Waals surface area contributed by atoms with Gasteiger partial charge in [-0.1, -0.05) is 51.1 Å². The number of carbonyl (C=O) groups excluding carboxylic acids is 1. The Morgan fingerprint density at radius 2 is 1.91 bits per heavy atom. The minimum atomic E-state index is -0.196. The third kappa shape index (κ3) is 4.53. The van der Waals surface area contributed by atoms with E-state index in [-0.39, 0.29) is 17.5 Å². The molecule has 172 valence electrons. The molecule has 1 atom stereocenters. The van der Waals surface area contributed by atoms with Gasteiger partial charge in [-0.05, 0) is 66.6 Å². The molecule has 1 unspecified atom stereocenters. The summed E-state index contributed by atoms with van der Waals surface area (Å²) in [4.78, 5) is 13.1. The van der Waals surface area contributed by atoms with Gasteiger partial charge in [0.15, 0.2) is 0 Å². The van der Waals surface area contributed by atoms with Crippen LogP contribution in [0.2, 0.25) is 0 Å². The Labute approximate surface area is 195 Å². The second-order valence-corrected chi connectivity index (χ2v) is 10.2. The molecule has 0 spiro atoms. The number of nitrogens with one attached hydrogen (secondary N) is 3. The monoisotopic (exact) mass is 443 g/mol. The van der Waals surface area contributed by atoms with Crippen molar-refractivity contribution >= 4 is 11.8 Å². The minimum Gasteiger partial charge on any atom is -0.331 e. The Balaban J connectivity index is 1.42. The van der Waals surface area contributed by atoms with Crippen LogP contribution < -0.4 is 16.0 Å². The molecule has 6 nitrogen and oxygen atoms in total. The predicted octanol–water partition coefficient (Wildman–Crippen LogP) is 5.01. The Hall–Kier alpha value is -3.12. The SMILES string of the molecule is CC(C)(C)c1cc(NC(=O)NC2CCCc3ccccc32)n(-c2ccc3c(c2)CNCC3)n1. The van der Waals surface area contributed by atoms with Crippen molar-refractivity contribution in [3.63, 3.8) is 0 Å². The van der Waals surface area contributed by atoms with Crippen LogP contribution in [0.4, 0.5) is 10.6 Å². The number of amides is 2. The van der Waals surface area contributed by atoms with E-state index < -0.39 is 0 Å². The summed E-state index contributed by atoms with van der Waals surface area (Å²) in [5.74, 6) is 0.685. The van der Waals surface area contributed by atoms with Crippen LogP contribution in [0.15, 0.2) is 48.5 Å². The second kappa shape index (κ2) is 8.67. The predicted molar refractivity (Wildman–Crippen MR) is 132 cm³/mol. The van der Waals surface area contributed by atoms with Gasteiger partial charge in [0.05, 0.1) is 17.4 Å². The number of fused-ring (bicyclic) bond motifs is 2. The summed E-state index contributed by atoms with van der Waals surface area (Å²) in [6.45, 7) is 8.29. The Kier molecular flexibility index (Phi) is 5.71. The Morgan fingerprint density at radius 1 is 1.06 bits per heavy atom. The summed E-state index contributed by atoms with van der Waals surface area (Å²) < 4.78 is 1.86. The van der Waals surface area contributed by atoms with Gasteiger partial charge < -0.3 is 10.6 Å². The number of hydrogen-bond donors (Lipinski definition) is 3. The van der Waals surface area contributed by atoms with Crippen LogP contribution in [0.3, 0.4) is 0 Å². The summed E-state index contributed by atoms with van der Waals surface area (Å²) in [7, 11) is 0. The zero-order valence-corrected chi connectivity index (χ0v) is 19.7. The summed E-state index contributed by atoms with van der Waals surface area (Å²) in [6, 6.07) is 16.7. The maximum Gasteiger partial charge on any atom is 0.320 e. The molecule has 1 aliphatic carbocycles. The number of aromatic nitrogens is 2. The van der Waals surface area contributed by atoms with Gasteiger partial charge in [0, 0.05) is 18.0 Å². The first-order valence-corrected chi connectivity index (χ1v) is 12.0. The van der Waals surface area contributed by atoms with Gasteiger partial charge in [0.2, 0.25) is 0 Å². The fourth-order valence-electron chi connectivity index (χ4n) is 4.85. The van der Waals surface area contributed by atoms with Gasteiger partial charge in [0.25, 0.3) is 0 Å². The lowest BCUT2D eigenvalue weighted by Crippen LogP contribution is -2.34. The lowest BCUT2D eigenvalue weighted by molar-refractivity contribution is 0.247. The summed E-state index contributed by atoms with van der Waals surface area (Å²) in [5.41, 5.74) is 7.00. The molecule has 0 bridgehead atoms. The first-order valence-electron chi connectivity index (χ1n) is 12.0. The summed E-state index contributed by atoms with van der Waals surface area (Å²) >= 11 is 0. The first kappa shape index (κ1) is 21.7. The van der Waals surface area contributed by atoms with Gasteiger partial charge in [-0.15, -0.1) is 0 Å². The molecule has 3 N–H and O–H groups in total. The molecule has 2 heterocycles. The highest BCUT2D eigenvalue weighted by Gasteiger charge is 2.24. The van der Waals surface area contributed by atoms with Gasteiger partial charge in [-0.25, -0.2) is 9.48 Å². The van der Waals surface area contributed by atoms with Crippen molar-refractivity contribution in [2.24, 2.45) is 0 Å². The average Bonchev–Trinajstić information content (AvgIpc) is 3.23. The molecule has 2 aromatic carbocycles. The van der Waals surface area contributed by atoms with Crippen LogP contribution >= 0.6 is 0 Å². The van der Waals surface area contributed by atoms with Crippen molar-refractivity contribution in [1.29, 1.82) is 0 Å². The van der Waals surface area contributed by atoms with E-state index in [4.69, 9.17) is 5.10 Å². The van der Waals surface area contributed by atoms with E-state index in [0.717, 1.165) is 50.2 Å². The van der Waals surface area contributed by atoms with Gasteiger partial charge in [-0.3, -0.25) is 5.32 Å². The highest BCUT2D eigenvalue weighted by molar-refractivity contribution is 5.89. The molecule has 1 aromatic heterocycles. The number of aryl methyl sites for hydroxylation is 1. The molecule has 3 aromatic rings. The highest BCUT2D eigenvalue weighted by Crippen LogP contribution is 2.30. The zero-order chi connectivity index (χ0) is 23.0. The van der Waals surface area contributed by atoms with Crippen molar-refractivity contribution in [2.45, 2.75) is 64.5 Å². The average molecular weight is 444 g/mol.